The first-order valence-electron chi connectivity index (χ1n) is 5.51. The Labute approximate surface area is 108 Å². The van der Waals surface area contributed by atoms with Gasteiger partial charge in [0, 0.05) is 18.5 Å². The molecule has 0 bridgehead atoms. The lowest BCUT2D eigenvalue weighted by molar-refractivity contribution is -0.0764. The summed E-state index contributed by atoms with van der Waals surface area (Å²) in [5.41, 5.74) is -0.461. The van der Waals surface area contributed by atoms with E-state index in [9.17, 15) is 9.59 Å². The fourth-order valence-corrected chi connectivity index (χ4v) is 2.55. The van der Waals surface area contributed by atoms with Crippen LogP contribution >= 0.6 is 11.3 Å². The number of aromatic carboxylic acids is 1. The smallest absolute Gasteiger partial charge is 0.355 e. The molecule has 2 rings (SSSR count). The quantitative estimate of drug-likeness (QED) is 0.870. The maximum Gasteiger partial charge on any atom is 0.355 e. The van der Waals surface area contributed by atoms with Gasteiger partial charge in [0.2, 0.25) is 0 Å². The normalized spacial score (nSPS) is 18.7. The minimum absolute atomic E-state index is 0.0872. The maximum atomic E-state index is 12.1. The van der Waals surface area contributed by atoms with Gasteiger partial charge in [0.05, 0.1) is 12.2 Å². The van der Waals surface area contributed by atoms with Crippen LogP contribution in [0.2, 0.25) is 0 Å². The summed E-state index contributed by atoms with van der Waals surface area (Å²) in [6.45, 7) is 5.29. The molecule has 2 heterocycles. The number of hydrogen-bond donors (Lipinski definition) is 1. The summed E-state index contributed by atoms with van der Waals surface area (Å²) in [5.74, 6) is -1.35. The molecule has 1 aliphatic heterocycles. The maximum absolute atomic E-state index is 12.1. The number of nitrogens with zero attached hydrogens (tertiary/aromatic N) is 2. The van der Waals surface area contributed by atoms with Crippen LogP contribution in [0.1, 0.15) is 34.1 Å². The summed E-state index contributed by atoms with van der Waals surface area (Å²) in [5, 5.41) is 10.4. The first-order valence-corrected chi connectivity index (χ1v) is 6.39. The van der Waals surface area contributed by atoms with Gasteiger partial charge in [-0.25, -0.2) is 9.78 Å². The van der Waals surface area contributed by atoms with E-state index >= 15 is 0 Å². The van der Waals surface area contributed by atoms with Crippen LogP contribution in [0.3, 0.4) is 0 Å². The zero-order valence-electron chi connectivity index (χ0n) is 10.2. The number of amides is 1. The van der Waals surface area contributed by atoms with Crippen LogP contribution in [-0.4, -0.2) is 52.2 Å². The first kappa shape index (κ1) is 13.0. The second-order valence-corrected chi connectivity index (χ2v) is 5.54. The van der Waals surface area contributed by atoms with Crippen molar-refractivity contribution in [2.24, 2.45) is 0 Å². The van der Waals surface area contributed by atoms with E-state index in [-0.39, 0.29) is 22.2 Å². The Morgan fingerprint density at radius 2 is 2.28 bits per heavy atom. The van der Waals surface area contributed by atoms with Crippen molar-refractivity contribution in [3.63, 3.8) is 0 Å². The Kier molecular flexibility index (Phi) is 3.36. The van der Waals surface area contributed by atoms with Crippen molar-refractivity contribution in [1.29, 1.82) is 0 Å². The molecule has 0 aliphatic carbocycles. The van der Waals surface area contributed by atoms with Crippen molar-refractivity contribution in [2.45, 2.75) is 19.4 Å². The second-order valence-electron chi connectivity index (χ2n) is 4.68. The molecule has 1 N–H and O–H groups in total. The Bertz CT molecular complexity index is 483. The highest BCUT2D eigenvalue weighted by atomic mass is 32.1. The average Bonchev–Trinajstić information content (AvgIpc) is 2.76. The molecule has 1 fully saturated rings. The fourth-order valence-electron chi connectivity index (χ4n) is 1.80. The fraction of sp³-hybridized carbons (Fsp3) is 0.545. The minimum Gasteiger partial charge on any atom is -0.476 e. The molecule has 1 aliphatic rings. The summed E-state index contributed by atoms with van der Waals surface area (Å²) in [4.78, 5) is 28.3. The number of thiazole rings is 1. The number of carboxylic acid groups (broad SMARTS) is 1. The van der Waals surface area contributed by atoms with E-state index in [1.165, 1.54) is 5.38 Å². The number of carbonyl (C=O) groups is 2. The summed E-state index contributed by atoms with van der Waals surface area (Å²) < 4.78 is 5.52. The molecular weight excluding hydrogens is 256 g/mol. The third-order valence-corrected chi connectivity index (χ3v) is 3.45. The van der Waals surface area contributed by atoms with E-state index in [1.807, 2.05) is 13.8 Å². The zero-order valence-corrected chi connectivity index (χ0v) is 11.0. The van der Waals surface area contributed by atoms with E-state index < -0.39 is 5.97 Å². The average molecular weight is 270 g/mol. The Morgan fingerprint density at radius 3 is 2.83 bits per heavy atom. The van der Waals surface area contributed by atoms with Crippen LogP contribution < -0.4 is 0 Å². The van der Waals surface area contributed by atoms with Crippen LogP contribution in [0, 0.1) is 0 Å². The number of morpholine rings is 1. The molecule has 0 aromatic carbocycles. The molecule has 1 amide bonds. The van der Waals surface area contributed by atoms with E-state index in [1.54, 1.807) is 4.90 Å². The molecule has 0 radical (unpaired) electrons. The van der Waals surface area contributed by atoms with Gasteiger partial charge in [-0.3, -0.25) is 4.79 Å². The summed E-state index contributed by atoms with van der Waals surface area (Å²) in [6.07, 6.45) is 0. The highest BCUT2D eigenvalue weighted by Crippen LogP contribution is 2.20. The highest BCUT2D eigenvalue weighted by molar-refractivity contribution is 7.11. The van der Waals surface area contributed by atoms with Crippen molar-refractivity contribution in [3.05, 3.63) is 16.1 Å². The number of aromatic nitrogens is 1. The number of carbonyl (C=O) groups excluding carboxylic acids is 1. The molecule has 98 valence electrons. The van der Waals surface area contributed by atoms with Crippen molar-refractivity contribution in [2.75, 3.05) is 19.7 Å². The van der Waals surface area contributed by atoms with Crippen LogP contribution in [0.15, 0.2) is 5.38 Å². The van der Waals surface area contributed by atoms with Crippen molar-refractivity contribution in [1.82, 2.24) is 9.88 Å². The predicted molar refractivity (Wildman–Crippen MR) is 65.0 cm³/mol. The number of rotatable bonds is 2. The predicted octanol–water partition coefficient (Wildman–Crippen LogP) is 1.09. The van der Waals surface area contributed by atoms with Gasteiger partial charge in [-0.15, -0.1) is 11.3 Å². The van der Waals surface area contributed by atoms with Crippen LogP contribution in [0.4, 0.5) is 0 Å². The monoisotopic (exact) mass is 270 g/mol. The Hall–Kier alpha value is -1.47. The first-order chi connectivity index (χ1) is 8.39. The van der Waals surface area contributed by atoms with E-state index in [0.717, 1.165) is 11.3 Å². The molecule has 0 saturated carbocycles. The van der Waals surface area contributed by atoms with Gasteiger partial charge in [0.1, 0.15) is 0 Å². The lowest BCUT2D eigenvalue weighted by Crippen LogP contribution is -2.50. The van der Waals surface area contributed by atoms with Crippen LogP contribution in [0.25, 0.3) is 0 Å². The molecule has 0 spiro atoms. The number of hydrogen-bond acceptors (Lipinski definition) is 5. The Balaban J connectivity index is 2.13. The topological polar surface area (TPSA) is 79.7 Å². The molecule has 0 atom stereocenters. The summed E-state index contributed by atoms with van der Waals surface area (Å²) in [7, 11) is 0. The minimum atomic E-state index is -1.12. The zero-order chi connectivity index (χ0) is 13.3. The van der Waals surface area contributed by atoms with Gasteiger partial charge in [-0.2, -0.15) is 0 Å². The van der Waals surface area contributed by atoms with Gasteiger partial charge in [0.15, 0.2) is 10.7 Å². The van der Waals surface area contributed by atoms with Gasteiger partial charge in [0.25, 0.3) is 5.91 Å². The number of carboxylic acids is 1. The lowest BCUT2D eigenvalue weighted by atomic mass is 10.1. The second kappa shape index (κ2) is 4.66. The van der Waals surface area contributed by atoms with E-state index in [2.05, 4.69) is 4.98 Å². The van der Waals surface area contributed by atoms with Gasteiger partial charge in [-0.05, 0) is 13.8 Å². The van der Waals surface area contributed by atoms with Crippen LogP contribution in [-0.2, 0) is 4.74 Å². The van der Waals surface area contributed by atoms with Crippen molar-refractivity contribution in [3.8, 4) is 0 Å². The van der Waals surface area contributed by atoms with Crippen molar-refractivity contribution < 1.29 is 19.4 Å². The third-order valence-electron chi connectivity index (χ3n) is 2.62. The number of ether oxygens (including phenoxy) is 1. The largest absolute Gasteiger partial charge is 0.476 e. The van der Waals surface area contributed by atoms with Gasteiger partial charge >= 0.3 is 5.97 Å². The van der Waals surface area contributed by atoms with E-state index in [4.69, 9.17) is 9.84 Å². The molecule has 7 heteroatoms. The van der Waals surface area contributed by atoms with Crippen molar-refractivity contribution >= 4 is 23.2 Å². The third kappa shape index (κ3) is 2.68. The molecular formula is C11H14N2O4S. The summed E-state index contributed by atoms with van der Waals surface area (Å²) in [6, 6.07) is 0. The van der Waals surface area contributed by atoms with Gasteiger partial charge < -0.3 is 14.7 Å². The molecule has 0 unspecified atom stereocenters. The molecule has 1 saturated heterocycles. The van der Waals surface area contributed by atoms with E-state index in [0.29, 0.717) is 19.7 Å². The Morgan fingerprint density at radius 1 is 1.56 bits per heavy atom. The highest BCUT2D eigenvalue weighted by Gasteiger charge is 2.31. The van der Waals surface area contributed by atoms with Crippen LogP contribution in [0.5, 0.6) is 0 Å². The molecule has 6 nitrogen and oxygen atoms in total. The van der Waals surface area contributed by atoms with Gasteiger partial charge in [-0.1, -0.05) is 0 Å². The molecule has 1 aromatic heterocycles. The molecule has 1 aromatic rings. The standard InChI is InChI=1S/C11H14N2O4S/c1-11(2)6-13(3-4-17-11)9(14)8-12-7(5-18-8)10(15)16/h5H,3-4,6H2,1-2H3,(H,15,16). The SMILES string of the molecule is CC1(C)CN(C(=O)c2nc(C(=O)O)cs2)CCO1. The summed E-state index contributed by atoms with van der Waals surface area (Å²) >= 11 is 1.06. The molecule has 18 heavy (non-hydrogen) atoms. The lowest BCUT2D eigenvalue weighted by Gasteiger charge is -2.37.